The monoisotopic (exact) mass is 262 g/mol. The van der Waals surface area contributed by atoms with Crippen molar-refractivity contribution in [3.05, 3.63) is 23.8 Å². The van der Waals surface area contributed by atoms with E-state index in [-0.39, 0.29) is 5.56 Å². The van der Waals surface area contributed by atoms with E-state index in [1.165, 1.54) is 6.07 Å². The Hall–Kier alpha value is -1.71. The molecular weight excluding hydrogens is 240 g/mol. The molecular formula is C15H22N2O2. The number of carbonyl (C=O) groups is 1. The first-order valence-electron chi connectivity index (χ1n) is 6.54. The Morgan fingerprint density at radius 1 is 1.32 bits per heavy atom. The Morgan fingerprint density at radius 3 is 2.37 bits per heavy atom. The molecule has 0 bridgehead atoms. The van der Waals surface area contributed by atoms with Crippen LogP contribution in [0.5, 0.6) is 0 Å². The van der Waals surface area contributed by atoms with Crippen molar-refractivity contribution in [1.29, 1.82) is 0 Å². The molecule has 0 amide bonds. The molecule has 1 saturated carbocycles. The van der Waals surface area contributed by atoms with E-state index in [1.54, 1.807) is 12.1 Å². The lowest BCUT2D eigenvalue weighted by Gasteiger charge is -2.11. The summed E-state index contributed by atoms with van der Waals surface area (Å²) in [6.45, 7) is 9.85. The molecule has 1 aliphatic rings. The van der Waals surface area contributed by atoms with Gasteiger partial charge in [0.15, 0.2) is 0 Å². The summed E-state index contributed by atoms with van der Waals surface area (Å²) in [4.78, 5) is 11.0. The molecule has 0 aromatic heterocycles. The number of nitrogens with two attached hydrogens (primary N) is 1. The zero-order valence-electron chi connectivity index (χ0n) is 11.9. The summed E-state index contributed by atoms with van der Waals surface area (Å²) in [5.74, 6) is -0.372. The highest BCUT2D eigenvalue weighted by Gasteiger charge is 2.64. The summed E-state index contributed by atoms with van der Waals surface area (Å²) in [6.07, 6.45) is 0. The van der Waals surface area contributed by atoms with Gasteiger partial charge in [0.05, 0.1) is 16.9 Å². The van der Waals surface area contributed by atoms with Gasteiger partial charge in [-0.25, -0.2) is 4.79 Å². The summed E-state index contributed by atoms with van der Waals surface area (Å²) in [5.41, 5.74) is 8.03. The van der Waals surface area contributed by atoms with Crippen LogP contribution in [0, 0.1) is 16.7 Å². The fourth-order valence-corrected chi connectivity index (χ4v) is 2.90. The van der Waals surface area contributed by atoms with E-state index in [0.717, 1.165) is 6.54 Å². The van der Waals surface area contributed by atoms with Crippen molar-refractivity contribution in [3.63, 3.8) is 0 Å². The first-order chi connectivity index (χ1) is 8.68. The van der Waals surface area contributed by atoms with E-state index in [0.29, 0.717) is 28.1 Å². The van der Waals surface area contributed by atoms with Crippen LogP contribution in [-0.4, -0.2) is 17.6 Å². The molecule has 4 nitrogen and oxygen atoms in total. The minimum atomic E-state index is -0.935. The van der Waals surface area contributed by atoms with Gasteiger partial charge in [-0.05, 0) is 34.9 Å². The second-order valence-corrected chi connectivity index (χ2v) is 6.48. The molecule has 0 atom stereocenters. The normalized spacial score (nSPS) is 20.0. The Bertz CT molecular complexity index is 507. The first-order valence-corrected chi connectivity index (χ1v) is 6.54. The van der Waals surface area contributed by atoms with Crippen LogP contribution in [0.1, 0.15) is 38.1 Å². The molecule has 4 heteroatoms. The predicted molar refractivity (Wildman–Crippen MR) is 77.4 cm³/mol. The van der Waals surface area contributed by atoms with Gasteiger partial charge in [0.2, 0.25) is 0 Å². The van der Waals surface area contributed by atoms with Gasteiger partial charge in [0.1, 0.15) is 0 Å². The maximum absolute atomic E-state index is 11.0. The third kappa shape index (κ3) is 2.15. The lowest BCUT2D eigenvalue weighted by molar-refractivity contribution is 0.0697. The standard InChI is InChI=1S/C15H22N2O2/c1-14(2)12(15(14,3)4)8-17-11-7-9(13(18)19)5-6-10(11)16/h5-7,12,17H,8,16H2,1-4H3,(H,18,19). The minimum absolute atomic E-state index is 0.256. The highest BCUT2D eigenvalue weighted by Crippen LogP contribution is 2.68. The van der Waals surface area contributed by atoms with Crippen molar-refractivity contribution in [1.82, 2.24) is 0 Å². The Kier molecular flexibility index (Phi) is 3.00. The van der Waals surface area contributed by atoms with Gasteiger partial charge in [0.25, 0.3) is 0 Å². The molecule has 1 aromatic rings. The van der Waals surface area contributed by atoms with Crippen molar-refractivity contribution in [2.75, 3.05) is 17.6 Å². The zero-order chi connectivity index (χ0) is 14.4. The SMILES string of the molecule is CC1(C)C(CNc2cc(C(=O)O)ccc2N)C1(C)C. The number of rotatable bonds is 4. The molecule has 0 unspecified atom stereocenters. The summed E-state index contributed by atoms with van der Waals surface area (Å²) >= 11 is 0. The van der Waals surface area contributed by atoms with Gasteiger partial charge >= 0.3 is 5.97 Å². The maximum atomic E-state index is 11.0. The van der Waals surface area contributed by atoms with Crippen molar-refractivity contribution >= 4 is 17.3 Å². The van der Waals surface area contributed by atoms with E-state index in [2.05, 4.69) is 33.0 Å². The smallest absolute Gasteiger partial charge is 0.335 e. The molecule has 0 saturated heterocycles. The number of nitrogen functional groups attached to an aromatic ring is 1. The van der Waals surface area contributed by atoms with Crippen LogP contribution in [0.4, 0.5) is 11.4 Å². The lowest BCUT2D eigenvalue weighted by atomic mass is 10.0. The minimum Gasteiger partial charge on any atom is -0.478 e. The van der Waals surface area contributed by atoms with Crippen molar-refractivity contribution in [3.8, 4) is 0 Å². The second kappa shape index (κ2) is 4.15. The largest absolute Gasteiger partial charge is 0.478 e. The third-order valence-electron chi connectivity index (χ3n) is 5.12. The molecule has 0 aliphatic heterocycles. The van der Waals surface area contributed by atoms with Crippen LogP contribution in [-0.2, 0) is 0 Å². The van der Waals surface area contributed by atoms with E-state index in [1.807, 2.05) is 0 Å². The van der Waals surface area contributed by atoms with Gasteiger partial charge in [-0.15, -0.1) is 0 Å². The molecule has 1 fully saturated rings. The molecule has 4 N–H and O–H groups in total. The molecule has 2 rings (SSSR count). The van der Waals surface area contributed by atoms with Crippen LogP contribution in [0.3, 0.4) is 0 Å². The maximum Gasteiger partial charge on any atom is 0.335 e. The molecule has 19 heavy (non-hydrogen) atoms. The van der Waals surface area contributed by atoms with E-state index < -0.39 is 5.97 Å². The van der Waals surface area contributed by atoms with Gasteiger partial charge in [-0.3, -0.25) is 0 Å². The van der Waals surface area contributed by atoms with Crippen LogP contribution in [0.15, 0.2) is 18.2 Å². The summed E-state index contributed by atoms with van der Waals surface area (Å²) in [6, 6.07) is 4.75. The lowest BCUT2D eigenvalue weighted by Crippen LogP contribution is -2.10. The topological polar surface area (TPSA) is 75.3 Å². The van der Waals surface area contributed by atoms with Crippen LogP contribution < -0.4 is 11.1 Å². The summed E-state index contributed by atoms with van der Waals surface area (Å²) in [5, 5.41) is 12.3. The van der Waals surface area contributed by atoms with Crippen molar-refractivity contribution in [2.45, 2.75) is 27.7 Å². The van der Waals surface area contributed by atoms with E-state index in [4.69, 9.17) is 10.8 Å². The number of hydrogen-bond donors (Lipinski definition) is 3. The third-order valence-corrected chi connectivity index (χ3v) is 5.12. The van der Waals surface area contributed by atoms with Gasteiger partial charge < -0.3 is 16.2 Å². The quantitative estimate of drug-likeness (QED) is 0.729. The highest BCUT2D eigenvalue weighted by atomic mass is 16.4. The molecule has 104 valence electrons. The van der Waals surface area contributed by atoms with Crippen LogP contribution >= 0.6 is 0 Å². The number of aromatic carboxylic acids is 1. The van der Waals surface area contributed by atoms with E-state index in [9.17, 15) is 4.79 Å². The Morgan fingerprint density at radius 2 is 1.89 bits per heavy atom. The fourth-order valence-electron chi connectivity index (χ4n) is 2.90. The van der Waals surface area contributed by atoms with Crippen molar-refractivity contribution in [2.24, 2.45) is 16.7 Å². The molecule has 0 spiro atoms. The number of carboxylic acid groups (broad SMARTS) is 1. The van der Waals surface area contributed by atoms with Gasteiger partial charge in [-0.1, -0.05) is 27.7 Å². The molecule has 1 aliphatic carbocycles. The molecule has 0 radical (unpaired) electrons. The van der Waals surface area contributed by atoms with Gasteiger partial charge in [-0.2, -0.15) is 0 Å². The highest BCUT2D eigenvalue weighted by molar-refractivity contribution is 5.90. The number of hydrogen-bond acceptors (Lipinski definition) is 3. The second-order valence-electron chi connectivity index (χ2n) is 6.48. The zero-order valence-corrected chi connectivity index (χ0v) is 11.9. The Balaban J connectivity index is 2.09. The summed E-state index contributed by atoms with van der Waals surface area (Å²) in [7, 11) is 0. The Labute approximate surface area is 114 Å². The summed E-state index contributed by atoms with van der Waals surface area (Å²) < 4.78 is 0. The number of carboxylic acids is 1. The van der Waals surface area contributed by atoms with Gasteiger partial charge in [0, 0.05) is 6.54 Å². The average molecular weight is 262 g/mol. The molecule has 0 heterocycles. The van der Waals surface area contributed by atoms with Crippen molar-refractivity contribution < 1.29 is 9.90 Å². The average Bonchev–Trinajstić information content (AvgIpc) is 2.68. The molecule has 1 aromatic carbocycles. The number of anilines is 2. The first kappa shape index (κ1) is 13.7. The number of benzene rings is 1. The predicted octanol–water partition coefficient (Wildman–Crippen LogP) is 3.06. The fraction of sp³-hybridized carbons (Fsp3) is 0.533. The van der Waals surface area contributed by atoms with Crippen LogP contribution in [0.2, 0.25) is 0 Å². The van der Waals surface area contributed by atoms with Crippen LogP contribution in [0.25, 0.3) is 0 Å². The number of nitrogens with one attached hydrogen (secondary N) is 1. The van der Waals surface area contributed by atoms with E-state index >= 15 is 0 Å².